The number of fused-ring (bicyclic) bond motifs is 1. The van der Waals surface area contributed by atoms with Crippen LogP contribution in [0.5, 0.6) is 0 Å². The molecule has 1 heterocycles. The summed E-state index contributed by atoms with van der Waals surface area (Å²) in [6, 6.07) is 7.32. The smallest absolute Gasteiger partial charge is 0.321 e. The summed E-state index contributed by atoms with van der Waals surface area (Å²) < 4.78 is 27.0. The topological polar surface area (TPSA) is 78.0 Å². The Morgan fingerprint density at radius 3 is 2.84 bits per heavy atom. The number of rotatable bonds is 6. The maximum absolute atomic E-state index is 13.8. The number of aromatic amines is 1. The van der Waals surface area contributed by atoms with Crippen LogP contribution in [0.3, 0.4) is 0 Å². The predicted molar refractivity (Wildman–Crippen MR) is 89.4 cm³/mol. The number of halogens is 3. The second-order valence-corrected chi connectivity index (χ2v) is 5.93. The number of nitrogens with zero attached hydrogens (tertiary/aromatic N) is 1. The molecule has 130 valence electrons. The van der Waals surface area contributed by atoms with Gasteiger partial charge in [-0.05, 0) is 30.3 Å². The molecule has 0 saturated heterocycles. The molecular weight excluding hydrogens is 352 g/mol. The second kappa shape index (κ2) is 7.16. The number of hydrogen-bond acceptors (Lipinski definition) is 3. The van der Waals surface area contributed by atoms with E-state index in [9.17, 15) is 18.7 Å². The number of carbonyl (C=O) groups is 1. The van der Waals surface area contributed by atoms with E-state index in [0.29, 0.717) is 16.9 Å². The summed E-state index contributed by atoms with van der Waals surface area (Å²) in [6.45, 7) is -0.0443. The van der Waals surface area contributed by atoms with Crippen molar-refractivity contribution in [3.8, 4) is 0 Å². The normalized spacial score (nSPS) is 12.4. The Labute approximate surface area is 146 Å². The predicted octanol–water partition coefficient (Wildman–Crippen LogP) is 3.28. The van der Waals surface area contributed by atoms with E-state index in [1.807, 2.05) is 0 Å². The number of hydrogen-bond donors (Lipinski definition) is 3. The molecule has 25 heavy (non-hydrogen) atoms. The van der Waals surface area contributed by atoms with Crippen LogP contribution in [0.1, 0.15) is 11.4 Å². The monoisotopic (exact) mass is 365 g/mol. The van der Waals surface area contributed by atoms with Gasteiger partial charge in [0.15, 0.2) is 0 Å². The average Bonchev–Trinajstić information content (AvgIpc) is 2.94. The Balaban J connectivity index is 1.75. The third kappa shape index (κ3) is 3.94. The molecule has 0 saturated carbocycles. The highest BCUT2D eigenvalue weighted by Gasteiger charge is 2.20. The molecular formula is C17H14ClF2N3O2. The Kier molecular flexibility index (Phi) is 4.96. The molecule has 1 aromatic heterocycles. The summed E-state index contributed by atoms with van der Waals surface area (Å²) in [5.41, 5.74) is 1.22. The van der Waals surface area contributed by atoms with Gasteiger partial charge >= 0.3 is 5.97 Å². The number of benzene rings is 2. The Morgan fingerprint density at radius 1 is 1.32 bits per heavy atom. The largest absolute Gasteiger partial charge is 0.480 e. The fraction of sp³-hybridized carbons (Fsp3) is 0.176. The zero-order chi connectivity index (χ0) is 18.0. The summed E-state index contributed by atoms with van der Waals surface area (Å²) in [4.78, 5) is 18.6. The molecule has 0 bridgehead atoms. The lowest BCUT2D eigenvalue weighted by Gasteiger charge is -2.14. The van der Waals surface area contributed by atoms with Crippen molar-refractivity contribution in [2.45, 2.75) is 19.0 Å². The van der Waals surface area contributed by atoms with Crippen molar-refractivity contribution in [2.75, 3.05) is 0 Å². The first-order valence-electron chi connectivity index (χ1n) is 7.47. The van der Waals surface area contributed by atoms with E-state index < -0.39 is 23.6 Å². The van der Waals surface area contributed by atoms with Crippen LogP contribution in [0.2, 0.25) is 5.02 Å². The lowest BCUT2D eigenvalue weighted by Crippen LogP contribution is -2.38. The first-order valence-corrected chi connectivity index (χ1v) is 7.85. The molecule has 0 fully saturated rings. The molecule has 8 heteroatoms. The molecule has 0 unspecified atom stereocenters. The van der Waals surface area contributed by atoms with Crippen molar-refractivity contribution in [2.24, 2.45) is 0 Å². The van der Waals surface area contributed by atoms with E-state index >= 15 is 0 Å². The molecule has 0 amide bonds. The van der Waals surface area contributed by atoms with Gasteiger partial charge in [-0.25, -0.2) is 13.8 Å². The number of carboxylic acids is 1. The molecule has 0 aliphatic heterocycles. The van der Waals surface area contributed by atoms with Crippen LogP contribution < -0.4 is 5.32 Å². The van der Waals surface area contributed by atoms with E-state index in [1.165, 1.54) is 36.4 Å². The lowest BCUT2D eigenvalue weighted by molar-refractivity contribution is -0.139. The standard InChI is InChI=1S/C17H14ClF2N3O2/c18-11-2-1-3-12(20)10(11)8-21-15(17(24)25)7-16-22-13-5-4-9(19)6-14(13)23-16/h1-6,15,21H,7-8H2,(H,22,23)(H,24,25)/t15-/m1/s1. The highest BCUT2D eigenvalue weighted by atomic mass is 35.5. The Bertz CT molecular complexity index is 909. The SMILES string of the molecule is O=C(O)[C@@H](Cc1nc2ccc(F)cc2[nH]1)NCc1c(F)cccc1Cl. The molecule has 2 aromatic carbocycles. The van der Waals surface area contributed by atoms with Gasteiger partial charge in [0.25, 0.3) is 0 Å². The van der Waals surface area contributed by atoms with Crippen molar-refractivity contribution in [1.29, 1.82) is 0 Å². The fourth-order valence-electron chi connectivity index (χ4n) is 2.50. The lowest BCUT2D eigenvalue weighted by atomic mass is 10.1. The summed E-state index contributed by atoms with van der Waals surface area (Å²) in [6.07, 6.45) is 0.0255. The number of aromatic nitrogens is 2. The van der Waals surface area contributed by atoms with E-state index in [2.05, 4.69) is 15.3 Å². The van der Waals surface area contributed by atoms with Crippen LogP contribution in [-0.2, 0) is 17.8 Å². The Morgan fingerprint density at radius 2 is 2.12 bits per heavy atom. The van der Waals surface area contributed by atoms with Crippen LogP contribution in [0, 0.1) is 11.6 Å². The van der Waals surface area contributed by atoms with Crippen LogP contribution in [-0.4, -0.2) is 27.1 Å². The van der Waals surface area contributed by atoms with Crippen LogP contribution in [0.15, 0.2) is 36.4 Å². The molecule has 0 aliphatic carbocycles. The van der Waals surface area contributed by atoms with E-state index in [4.69, 9.17) is 11.6 Å². The van der Waals surface area contributed by atoms with Crippen LogP contribution in [0.4, 0.5) is 8.78 Å². The average molecular weight is 366 g/mol. The minimum Gasteiger partial charge on any atom is -0.480 e. The molecule has 3 aromatic rings. The van der Waals surface area contributed by atoms with Gasteiger partial charge in [-0.3, -0.25) is 10.1 Å². The number of imidazole rings is 1. The number of carboxylic acid groups (broad SMARTS) is 1. The first-order chi connectivity index (χ1) is 11.9. The van der Waals surface area contributed by atoms with Gasteiger partial charge in [0.05, 0.1) is 11.0 Å². The van der Waals surface area contributed by atoms with Crippen molar-refractivity contribution in [3.05, 3.63) is 64.4 Å². The minimum atomic E-state index is -1.11. The van der Waals surface area contributed by atoms with E-state index in [0.717, 1.165) is 0 Å². The molecule has 5 nitrogen and oxygen atoms in total. The molecule has 0 radical (unpaired) electrons. The van der Waals surface area contributed by atoms with Gasteiger partial charge in [0, 0.05) is 23.6 Å². The quantitative estimate of drug-likeness (QED) is 0.626. The maximum Gasteiger partial charge on any atom is 0.321 e. The summed E-state index contributed by atoms with van der Waals surface area (Å²) in [5, 5.41) is 12.4. The molecule has 3 N–H and O–H groups in total. The van der Waals surface area contributed by atoms with Crippen molar-refractivity contribution >= 4 is 28.6 Å². The van der Waals surface area contributed by atoms with Crippen molar-refractivity contribution in [3.63, 3.8) is 0 Å². The summed E-state index contributed by atoms with van der Waals surface area (Å²) >= 11 is 5.94. The third-order valence-electron chi connectivity index (χ3n) is 3.78. The minimum absolute atomic E-state index is 0.0255. The van der Waals surface area contributed by atoms with Crippen molar-refractivity contribution < 1.29 is 18.7 Å². The molecule has 0 aliphatic rings. The zero-order valence-electron chi connectivity index (χ0n) is 12.9. The van der Waals surface area contributed by atoms with Crippen LogP contribution >= 0.6 is 11.6 Å². The molecule has 1 atom stereocenters. The van der Waals surface area contributed by atoms with E-state index in [-0.39, 0.29) is 23.6 Å². The van der Waals surface area contributed by atoms with Gasteiger partial charge in [-0.2, -0.15) is 0 Å². The first kappa shape index (κ1) is 17.3. The number of aliphatic carboxylic acids is 1. The number of H-pyrrole nitrogens is 1. The van der Waals surface area contributed by atoms with Gasteiger partial charge in [-0.15, -0.1) is 0 Å². The van der Waals surface area contributed by atoms with E-state index in [1.54, 1.807) is 0 Å². The zero-order valence-corrected chi connectivity index (χ0v) is 13.6. The fourth-order valence-corrected chi connectivity index (χ4v) is 2.73. The van der Waals surface area contributed by atoms with Crippen molar-refractivity contribution in [1.82, 2.24) is 15.3 Å². The highest BCUT2D eigenvalue weighted by molar-refractivity contribution is 6.31. The van der Waals surface area contributed by atoms with Gasteiger partial charge < -0.3 is 10.1 Å². The van der Waals surface area contributed by atoms with Crippen LogP contribution in [0.25, 0.3) is 11.0 Å². The molecule has 0 spiro atoms. The second-order valence-electron chi connectivity index (χ2n) is 5.52. The Hall–Kier alpha value is -2.51. The van der Waals surface area contributed by atoms with Gasteiger partial charge in [0.2, 0.25) is 0 Å². The highest BCUT2D eigenvalue weighted by Crippen LogP contribution is 2.19. The van der Waals surface area contributed by atoms with Gasteiger partial charge in [0.1, 0.15) is 23.5 Å². The maximum atomic E-state index is 13.8. The summed E-state index contributed by atoms with van der Waals surface area (Å²) in [7, 11) is 0. The van der Waals surface area contributed by atoms with Gasteiger partial charge in [-0.1, -0.05) is 17.7 Å². The number of nitrogens with one attached hydrogen (secondary N) is 2. The summed E-state index contributed by atoms with van der Waals surface area (Å²) in [5.74, 6) is -1.65. The molecule has 3 rings (SSSR count). The third-order valence-corrected chi connectivity index (χ3v) is 4.13.